The van der Waals surface area contributed by atoms with Gasteiger partial charge in [0.2, 0.25) is 0 Å². The molecule has 1 aromatic rings. The number of carbonyl (C=O) groups is 1. The topological polar surface area (TPSA) is 39.2 Å². The maximum atomic E-state index is 12.8. The van der Waals surface area contributed by atoms with E-state index in [2.05, 4.69) is 4.98 Å². The maximum absolute atomic E-state index is 12.8. The molecule has 0 N–H and O–H groups in total. The average Bonchev–Trinajstić information content (AvgIpc) is 2.31. The number of halogens is 4. The lowest BCUT2D eigenvalue weighted by molar-refractivity contribution is -0.142. The Labute approximate surface area is 113 Å². The highest BCUT2D eigenvalue weighted by molar-refractivity contribution is 6.30. The van der Waals surface area contributed by atoms with Crippen LogP contribution in [0.5, 0.6) is 0 Å². The third-order valence-corrected chi connectivity index (χ3v) is 2.87. The van der Waals surface area contributed by atoms with Gasteiger partial charge in [-0.1, -0.05) is 11.6 Å². The SMILES string of the molecule is CCOC(=O)Cc1c(Cl)ncc(C(F)F)c1CCl. The molecule has 18 heavy (non-hydrogen) atoms. The zero-order valence-electron chi connectivity index (χ0n) is 9.55. The number of alkyl halides is 3. The molecule has 0 aliphatic carbocycles. The number of carbonyl (C=O) groups excluding carboxylic acids is 1. The molecule has 0 saturated carbocycles. The molecule has 0 unspecified atom stereocenters. The smallest absolute Gasteiger partial charge is 0.310 e. The predicted molar refractivity (Wildman–Crippen MR) is 64.1 cm³/mol. The summed E-state index contributed by atoms with van der Waals surface area (Å²) in [6.45, 7) is 1.85. The molecule has 0 amide bonds. The summed E-state index contributed by atoms with van der Waals surface area (Å²) in [5, 5.41) is -0.0110. The van der Waals surface area contributed by atoms with Gasteiger partial charge >= 0.3 is 5.97 Å². The number of esters is 1. The van der Waals surface area contributed by atoms with Gasteiger partial charge in [-0.15, -0.1) is 11.6 Å². The second-order valence-electron chi connectivity index (χ2n) is 3.38. The molecule has 0 aliphatic heterocycles. The van der Waals surface area contributed by atoms with E-state index in [9.17, 15) is 13.6 Å². The maximum Gasteiger partial charge on any atom is 0.310 e. The average molecular weight is 298 g/mol. The van der Waals surface area contributed by atoms with Crippen LogP contribution in [0.25, 0.3) is 0 Å². The molecule has 0 aromatic carbocycles. The van der Waals surface area contributed by atoms with E-state index in [1.54, 1.807) is 6.92 Å². The van der Waals surface area contributed by atoms with Crippen LogP contribution < -0.4 is 0 Å². The van der Waals surface area contributed by atoms with E-state index < -0.39 is 12.4 Å². The summed E-state index contributed by atoms with van der Waals surface area (Å²) in [6, 6.07) is 0. The Bertz CT molecular complexity index is 441. The van der Waals surface area contributed by atoms with Crippen LogP contribution in [0.1, 0.15) is 30.0 Å². The summed E-state index contributed by atoms with van der Waals surface area (Å²) < 4.78 is 30.3. The number of nitrogens with zero attached hydrogens (tertiary/aromatic N) is 1. The minimum absolute atomic E-state index is 0.0110. The zero-order valence-corrected chi connectivity index (χ0v) is 11.1. The molecule has 0 aliphatic rings. The molecular formula is C11H11Cl2F2NO2. The van der Waals surface area contributed by atoms with Gasteiger partial charge in [0.1, 0.15) is 5.15 Å². The Balaban J connectivity index is 3.15. The number of hydrogen-bond donors (Lipinski definition) is 0. The van der Waals surface area contributed by atoms with Crippen LogP contribution in [0.2, 0.25) is 5.15 Å². The summed E-state index contributed by atoms with van der Waals surface area (Å²) in [4.78, 5) is 15.0. The Morgan fingerprint density at radius 3 is 2.67 bits per heavy atom. The van der Waals surface area contributed by atoms with Gasteiger partial charge in [-0.05, 0) is 12.5 Å². The van der Waals surface area contributed by atoms with Crippen LogP contribution in [0.4, 0.5) is 8.78 Å². The summed E-state index contributed by atoms with van der Waals surface area (Å²) in [6.07, 6.45) is -1.97. The quantitative estimate of drug-likeness (QED) is 0.474. The number of pyridine rings is 1. The van der Waals surface area contributed by atoms with Crippen LogP contribution in [-0.4, -0.2) is 17.6 Å². The van der Waals surface area contributed by atoms with Crippen LogP contribution in [-0.2, 0) is 21.8 Å². The van der Waals surface area contributed by atoms with E-state index >= 15 is 0 Å². The summed E-state index contributed by atoms with van der Waals surface area (Å²) in [7, 11) is 0. The lowest BCUT2D eigenvalue weighted by Gasteiger charge is -2.12. The van der Waals surface area contributed by atoms with Gasteiger partial charge in [0.15, 0.2) is 0 Å². The molecule has 0 atom stereocenters. The van der Waals surface area contributed by atoms with Gasteiger partial charge in [-0.3, -0.25) is 4.79 Å². The molecule has 3 nitrogen and oxygen atoms in total. The first-order valence-electron chi connectivity index (χ1n) is 5.17. The van der Waals surface area contributed by atoms with Crippen molar-refractivity contribution in [2.45, 2.75) is 25.7 Å². The number of rotatable bonds is 5. The predicted octanol–water partition coefficient (Wildman–Crippen LogP) is 3.52. The van der Waals surface area contributed by atoms with Crippen molar-refractivity contribution in [3.8, 4) is 0 Å². The van der Waals surface area contributed by atoms with Gasteiger partial charge in [-0.2, -0.15) is 0 Å². The van der Waals surface area contributed by atoms with E-state index in [0.717, 1.165) is 6.20 Å². The molecule has 1 rings (SSSR count). The largest absolute Gasteiger partial charge is 0.466 e. The van der Waals surface area contributed by atoms with Crippen molar-refractivity contribution in [3.05, 3.63) is 28.0 Å². The van der Waals surface area contributed by atoms with Crippen molar-refractivity contribution in [2.75, 3.05) is 6.61 Å². The molecule has 0 bridgehead atoms. The monoisotopic (exact) mass is 297 g/mol. The Morgan fingerprint density at radius 1 is 1.50 bits per heavy atom. The van der Waals surface area contributed by atoms with Crippen LogP contribution in [0, 0.1) is 0 Å². The Kier molecular flexibility index (Phi) is 5.75. The van der Waals surface area contributed by atoms with E-state index in [4.69, 9.17) is 27.9 Å². The Hall–Kier alpha value is -0.940. The molecule has 1 aromatic heterocycles. The standard InChI is InChI=1S/C11H11Cl2F2NO2/c1-2-18-9(17)3-6-7(4-12)8(11(14)15)5-16-10(6)13/h5,11H,2-4H2,1H3. The first-order valence-corrected chi connectivity index (χ1v) is 6.08. The van der Waals surface area contributed by atoms with Crippen molar-refractivity contribution in [1.29, 1.82) is 0 Å². The first kappa shape index (κ1) is 15.1. The number of ether oxygens (including phenoxy) is 1. The van der Waals surface area contributed by atoms with Gasteiger partial charge in [0.25, 0.3) is 6.43 Å². The fourth-order valence-corrected chi connectivity index (χ4v) is 2.01. The van der Waals surface area contributed by atoms with Crippen molar-refractivity contribution >= 4 is 29.2 Å². The molecule has 0 saturated heterocycles. The highest BCUT2D eigenvalue weighted by Gasteiger charge is 2.21. The van der Waals surface area contributed by atoms with Crippen molar-refractivity contribution in [1.82, 2.24) is 4.98 Å². The third kappa shape index (κ3) is 3.53. The molecule has 0 radical (unpaired) electrons. The lowest BCUT2D eigenvalue weighted by atomic mass is 10.0. The number of aromatic nitrogens is 1. The second kappa shape index (κ2) is 6.85. The normalized spacial score (nSPS) is 10.8. The summed E-state index contributed by atoms with van der Waals surface area (Å²) in [5.74, 6) is -0.726. The van der Waals surface area contributed by atoms with Gasteiger partial charge in [-0.25, -0.2) is 13.8 Å². The molecule has 7 heteroatoms. The van der Waals surface area contributed by atoms with Gasteiger partial charge in [0, 0.05) is 23.2 Å². The lowest BCUT2D eigenvalue weighted by Crippen LogP contribution is -2.11. The number of hydrogen-bond acceptors (Lipinski definition) is 3. The third-order valence-electron chi connectivity index (χ3n) is 2.27. The first-order chi connectivity index (χ1) is 8.51. The van der Waals surface area contributed by atoms with E-state index in [1.807, 2.05) is 0 Å². The second-order valence-corrected chi connectivity index (χ2v) is 4.00. The highest BCUT2D eigenvalue weighted by atomic mass is 35.5. The van der Waals surface area contributed by atoms with E-state index in [-0.39, 0.29) is 40.8 Å². The van der Waals surface area contributed by atoms with Crippen LogP contribution in [0.3, 0.4) is 0 Å². The molecule has 0 fully saturated rings. The molecule has 1 heterocycles. The van der Waals surface area contributed by atoms with Crippen molar-refractivity contribution < 1.29 is 18.3 Å². The zero-order chi connectivity index (χ0) is 13.7. The molecular weight excluding hydrogens is 287 g/mol. The van der Waals surface area contributed by atoms with E-state index in [0.29, 0.717) is 0 Å². The van der Waals surface area contributed by atoms with Gasteiger partial charge in [0.05, 0.1) is 13.0 Å². The minimum Gasteiger partial charge on any atom is -0.466 e. The summed E-state index contributed by atoms with van der Waals surface area (Å²) >= 11 is 11.4. The highest BCUT2D eigenvalue weighted by Crippen LogP contribution is 2.30. The molecule has 0 spiro atoms. The fraction of sp³-hybridized carbons (Fsp3) is 0.455. The summed E-state index contributed by atoms with van der Waals surface area (Å²) in [5.41, 5.74) is 0.0244. The van der Waals surface area contributed by atoms with E-state index in [1.165, 1.54) is 0 Å². The van der Waals surface area contributed by atoms with Crippen LogP contribution in [0.15, 0.2) is 6.20 Å². The van der Waals surface area contributed by atoms with Crippen molar-refractivity contribution in [2.24, 2.45) is 0 Å². The van der Waals surface area contributed by atoms with Crippen LogP contribution >= 0.6 is 23.2 Å². The van der Waals surface area contributed by atoms with Gasteiger partial charge < -0.3 is 4.74 Å². The Morgan fingerprint density at radius 2 is 2.17 bits per heavy atom. The van der Waals surface area contributed by atoms with Crippen molar-refractivity contribution in [3.63, 3.8) is 0 Å². The minimum atomic E-state index is -2.72. The fourth-order valence-electron chi connectivity index (χ4n) is 1.46. The molecule has 100 valence electrons.